The van der Waals surface area contributed by atoms with Gasteiger partial charge in [-0.05, 0) is 72.8 Å². The summed E-state index contributed by atoms with van der Waals surface area (Å²) in [5, 5.41) is 9.46. The largest absolute Gasteiger partial charge is 0.741 e. The van der Waals surface area contributed by atoms with Crippen molar-refractivity contribution in [1.29, 1.82) is 0 Å². The second-order valence-electron chi connectivity index (χ2n) is 5.61. The molecule has 11 heteroatoms. The number of aromatic hydroxyl groups is 1. The van der Waals surface area contributed by atoms with E-state index in [9.17, 15) is 27.1 Å². The second-order valence-corrected chi connectivity index (χ2v) is 9.01. The van der Waals surface area contributed by atoms with Crippen molar-refractivity contribution >= 4 is 21.0 Å². The molecule has 0 atom stereocenters. The SMILES string of the molecule is O=S(=O)([O-])C(F)(F)F.Oc1ccc([S+](c2ccc(F)cc2)c2ccc(F)cc2)cc1. The number of alkyl halides is 3. The van der Waals surface area contributed by atoms with E-state index >= 15 is 0 Å². The molecule has 0 spiro atoms. The molecular weight excluding hydrogens is 451 g/mol. The fourth-order valence-electron chi connectivity index (χ4n) is 2.13. The molecule has 0 unspecified atom stereocenters. The Morgan fingerprint density at radius 1 is 0.700 bits per heavy atom. The van der Waals surface area contributed by atoms with Crippen molar-refractivity contribution in [2.45, 2.75) is 20.2 Å². The van der Waals surface area contributed by atoms with Crippen LogP contribution in [0.25, 0.3) is 0 Å². The van der Waals surface area contributed by atoms with E-state index < -0.39 is 26.5 Å². The van der Waals surface area contributed by atoms with Gasteiger partial charge in [-0.15, -0.1) is 0 Å². The Kier molecular flexibility index (Phi) is 7.45. The topological polar surface area (TPSA) is 77.4 Å². The molecule has 3 aromatic carbocycles. The number of hydrogen-bond acceptors (Lipinski definition) is 4. The van der Waals surface area contributed by atoms with E-state index in [1.165, 1.54) is 24.3 Å². The van der Waals surface area contributed by atoms with Crippen molar-refractivity contribution < 1.29 is 40.0 Å². The minimum absolute atomic E-state index is 0.186. The molecule has 0 aliphatic rings. The fraction of sp³-hybridized carbons (Fsp3) is 0.0526. The highest BCUT2D eigenvalue weighted by atomic mass is 32.2. The Hall–Kier alpha value is -2.63. The zero-order valence-corrected chi connectivity index (χ0v) is 16.4. The van der Waals surface area contributed by atoms with Crippen molar-refractivity contribution in [2.75, 3.05) is 0 Å². The van der Waals surface area contributed by atoms with E-state index in [0.717, 1.165) is 14.7 Å². The minimum Gasteiger partial charge on any atom is -0.741 e. The molecule has 0 bridgehead atoms. The van der Waals surface area contributed by atoms with Gasteiger partial charge >= 0.3 is 5.51 Å². The van der Waals surface area contributed by atoms with Gasteiger partial charge in [0.25, 0.3) is 0 Å². The Morgan fingerprint density at radius 3 is 1.23 bits per heavy atom. The lowest BCUT2D eigenvalue weighted by Gasteiger charge is -2.08. The summed E-state index contributed by atoms with van der Waals surface area (Å²) in [7, 11) is -6.57. The quantitative estimate of drug-likeness (QED) is 0.261. The van der Waals surface area contributed by atoms with Crippen molar-refractivity contribution in [3.05, 3.63) is 84.4 Å². The number of halogens is 5. The third-order valence-corrected chi connectivity index (χ3v) is 6.25. The molecule has 0 fully saturated rings. The van der Waals surface area contributed by atoms with Gasteiger partial charge in [-0.1, -0.05) is 0 Å². The first-order valence-corrected chi connectivity index (χ1v) is 10.6. The van der Waals surface area contributed by atoms with Crippen molar-refractivity contribution in [3.63, 3.8) is 0 Å². The predicted octanol–water partition coefficient (Wildman–Crippen LogP) is 4.82. The van der Waals surface area contributed by atoms with Crippen LogP contribution in [0.3, 0.4) is 0 Å². The number of phenolic OH excluding ortho intramolecular Hbond substituents is 1. The van der Waals surface area contributed by atoms with Crippen LogP contribution in [-0.2, 0) is 21.0 Å². The summed E-state index contributed by atoms with van der Waals surface area (Å²) in [5.74, 6) is -0.403. The van der Waals surface area contributed by atoms with Gasteiger partial charge in [0, 0.05) is 0 Å². The minimum atomic E-state index is -6.09. The lowest BCUT2D eigenvalue weighted by Crippen LogP contribution is -2.21. The summed E-state index contributed by atoms with van der Waals surface area (Å²) in [5.41, 5.74) is -5.65. The van der Waals surface area contributed by atoms with Crippen LogP contribution in [0.1, 0.15) is 0 Å². The Bertz CT molecular complexity index is 958. The van der Waals surface area contributed by atoms with E-state index in [1.807, 2.05) is 12.1 Å². The molecule has 1 N–H and O–H groups in total. The van der Waals surface area contributed by atoms with Gasteiger partial charge in [-0.2, -0.15) is 13.2 Å². The highest BCUT2D eigenvalue weighted by Crippen LogP contribution is 2.32. The summed E-state index contributed by atoms with van der Waals surface area (Å²) < 4.78 is 85.3. The van der Waals surface area contributed by atoms with Crippen molar-refractivity contribution in [1.82, 2.24) is 0 Å². The van der Waals surface area contributed by atoms with Gasteiger partial charge in [0.1, 0.15) is 17.4 Å². The first kappa shape index (κ1) is 23.6. The van der Waals surface area contributed by atoms with Gasteiger partial charge < -0.3 is 9.66 Å². The molecule has 3 rings (SSSR count). The molecule has 160 valence electrons. The van der Waals surface area contributed by atoms with E-state index in [2.05, 4.69) is 0 Å². The Morgan fingerprint density at radius 2 is 0.967 bits per heavy atom. The van der Waals surface area contributed by atoms with Gasteiger partial charge in [0.2, 0.25) is 0 Å². The lowest BCUT2D eigenvalue weighted by atomic mass is 10.3. The van der Waals surface area contributed by atoms with Crippen LogP contribution >= 0.6 is 0 Å². The second kappa shape index (κ2) is 9.45. The maximum atomic E-state index is 13.2. The number of rotatable bonds is 3. The smallest absolute Gasteiger partial charge is 0.485 e. The van der Waals surface area contributed by atoms with Crippen molar-refractivity contribution in [3.8, 4) is 5.75 Å². The molecule has 0 radical (unpaired) electrons. The standard InChI is InChI=1S/C18H12F2OS.CHF3O3S/c19-13-1-7-16(8-2-13)22(17-9-3-14(20)4-10-17)18-11-5-15(21)6-12-18;2-1(3,4)8(5,6)7/h1-12H;(H,5,6,7). The van der Waals surface area contributed by atoms with E-state index in [4.69, 9.17) is 13.0 Å². The van der Waals surface area contributed by atoms with E-state index in [0.29, 0.717) is 0 Å². The van der Waals surface area contributed by atoms with Gasteiger partial charge in [0.15, 0.2) is 24.8 Å². The zero-order chi connectivity index (χ0) is 22.5. The molecule has 0 saturated carbocycles. The Labute approximate surface area is 171 Å². The first-order valence-electron chi connectivity index (χ1n) is 7.95. The average molecular weight is 464 g/mol. The molecule has 0 aliphatic heterocycles. The molecule has 0 amide bonds. The summed E-state index contributed by atoms with van der Waals surface area (Å²) in [4.78, 5) is 2.83. The van der Waals surface area contributed by atoms with Gasteiger partial charge in [-0.3, -0.25) is 0 Å². The normalized spacial score (nSPS) is 11.7. The highest BCUT2D eigenvalue weighted by Gasteiger charge is 2.37. The number of hydrogen-bond donors (Lipinski definition) is 1. The Balaban J connectivity index is 0.000000343. The van der Waals surface area contributed by atoms with Crippen LogP contribution in [0.5, 0.6) is 5.75 Å². The van der Waals surface area contributed by atoms with E-state index in [1.54, 1.807) is 36.4 Å². The fourth-order valence-corrected chi connectivity index (χ4v) is 4.17. The van der Waals surface area contributed by atoms with Crippen LogP contribution in [0.4, 0.5) is 22.0 Å². The first-order chi connectivity index (χ1) is 13.9. The van der Waals surface area contributed by atoms with Crippen LogP contribution in [0.2, 0.25) is 0 Å². The van der Waals surface area contributed by atoms with Gasteiger partial charge in [-0.25, -0.2) is 17.2 Å². The molecule has 3 aromatic rings. The maximum absolute atomic E-state index is 13.2. The van der Waals surface area contributed by atoms with Crippen LogP contribution < -0.4 is 0 Å². The summed E-state index contributed by atoms with van der Waals surface area (Å²) in [6.45, 7) is 0. The van der Waals surface area contributed by atoms with Crippen molar-refractivity contribution in [2.24, 2.45) is 0 Å². The molecule has 0 aromatic heterocycles. The molecule has 0 aliphatic carbocycles. The highest BCUT2D eigenvalue weighted by molar-refractivity contribution is 7.97. The maximum Gasteiger partial charge on any atom is 0.485 e. The summed E-state index contributed by atoms with van der Waals surface area (Å²) in [6, 6.07) is 19.5. The molecule has 0 saturated heterocycles. The number of phenols is 1. The van der Waals surface area contributed by atoms with Crippen LogP contribution in [0, 0.1) is 11.6 Å². The third kappa shape index (κ3) is 6.44. The summed E-state index contributed by atoms with van der Waals surface area (Å²) in [6.07, 6.45) is 0. The van der Waals surface area contributed by atoms with Crippen LogP contribution in [-0.4, -0.2) is 23.6 Å². The predicted molar refractivity (Wildman–Crippen MR) is 98.8 cm³/mol. The number of benzene rings is 3. The third-order valence-electron chi connectivity index (χ3n) is 3.45. The molecule has 4 nitrogen and oxygen atoms in total. The zero-order valence-electron chi connectivity index (χ0n) is 14.8. The summed E-state index contributed by atoms with van der Waals surface area (Å²) >= 11 is 0. The molecule has 30 heavy (non-hydrogen) atoms. The average Bonchev–Trinajstić information content (AvgIpc) is 2.65. The lowest BCUT2D eigenvalue weighted by molar-refractivity contribution is -0.0517. The monoisotopic (exact) mass is 464 g/mol. The van der Waals surface area contributed by atoms with Crippen LogP contribution in [0.15, 0.2) is 87.5 Å². The van der Waals surface area contributed by atoms with E-state index in [-0.39, 0.29) is 17.4 Å². The molecule has 0 heterocycles. The molecular formula is C19H13F5O4S2. The van der Waals surface area contributed by atoms with Gasteiger partial charge in [0.05, 0.1) is 10.9 Å².